The van der Waals surface area contributed by atoms with Gasteiger partial charge in [0.15, 0.2) is 0 Å². The number of hydrogen-bond acceptors (Lipinski definition) is 35. The van der Waals surface area contributed by atoms with Crippen molar-refractivity contribution in [3.05, 3.63) is 199 Å². The fraction of sp³-hybridized carbons (Fsp3) is 0.455. The van der Waals surface area contributed by atoms with E-state index in [-0.39, 0.29) is 52.2 Å². The van der Waals surface area contributed by atoms with Crippen LogP contribution in [0.15, 0.2) is 199 Å². The molecular formula is C88H135N7O28. The standard InChI is InChI=1S/2C14H21NO4.C13H19NO4.C13H21NO4.C12H19NO4.2C11H17NO4/c1-10(7-8-11(2)15(3)4)9-12(13(16)18-5)14(17)19-6;1-10(8-7-9-11(2)15(3)4)12(13(16)18-5)14(17)19-6;1-10(7-6-8-14(2)3)9-11(12(15)17-4)13(16)18-5;1-6-17-12(15)11(13(16)18-7-2)8-10(3)9-14(4)5;1-8(7-9(2)13(3)4)10(11(14)16-5)12(15)17-6;1-8(6-7-12(2)3)9(10(13)15-4)11(14)16-5;1-8(12(2)3)6-7-9(10(13)15-4)11(14)16-5/h2*7-9H,1-6H3;6-9H,1-5H3;8-9H,6-7H2,1-5H3;7H,1-6H3;2*6-7H,1-5H3/b10-7+,11-8+;8-7+,11-9+;8-6+,10-7+;10-9+;9-7+;7-6+;8-6+. The highest BCUT2D eigenvalue weighted by atomic mass is 16.6. The van der Waals surface area contributed by atoms with Crippen molar-refractivity contribution in [2.24, 2.45) is 0 Å². The second-order valence-electron chi connectivity index (χ2n) is 26.2. The molecule has 0 saturated heterocycles. The van der Waals surface area contributed by atoms with Gasteiger partial charge in [-0.05, 0) is 190 Å². The van der Waals surface area contributed by atoms with Crippen LogP contribution in [0.4, 0.5) is 0 Å². The molecule has 0 aromatic rings. The van der Waals surface area contributed by atoms with E-state index in [1.165, 1.54) is 110 Å². The summed E-state index contributed by atoms with van der Waals surface area (Å²) in [5.74, 6) is -9.83. The fourth-order valence-corrected chi connectivity index (χ4v) is 7.50. The van der Waals surface area contributed by atoms with Crippen molar-refractivity contribution in [1.82, 2.24) is 34.3 Å². The summed E-state index contributed by atoms with van der Waals surface area (Å²) in [6.07, 6.45) is 28.6. The zero-order valence-electron chi connectivity index (χ0n) is 79.3. The Hall–Kier alpha value is -13.2. The smallest absolute Gasteiger partial charge is 0.345 e. The Morgan fingerprint density at radius 1 is 0.236 bits per heavy atom. The molecule has 35 nitrogen and oxygen atoms in total. The molecule has 0 spiro atoms. The lowest BCUT2D eigenvalue weighted by Gasteiger charge is -2.13. The lowest BCUT2D eigenvalue weighted by molar-refractivity contribution is -0.148. The van der Waals surface area contributed by atoms with Gasteiger partial charge < -0.3 is 101 Å². The number of carbonyl (C=O) groups is 14. The van der Waals surface area contributed by atoms with Crippen LogP contribution in [0.1, 0.15) is 83.1 Å². The van der Waals surface area contributed by atoms with Crippen LogP contribution in [0.3, 0.4) is 0 Å². The SMILES string of the molecule is CCOC(=O)C(=C/C(C)=C/N(C)C)C(=O)OCC.COC(=O)C(=C/C(C)=C/C=C(\C)N(C)C)C(=O)OC.COC(=O)C(=C/C(C)=C/C=C/N(C)C)C(=O)OC.COC(=O)C(=C/C=C(\C)N(C)C)C(=O)OC.COC(=O)C(C(=O)OC)=C(C)/C=C(\C)N(C)C.COC(=O)C(C(=O)OC)=C(C)/C=C/C=C(\C)N(C)C.COC(=O)C(C(=O)OC)=C(C)/C=C/N(C)C. The number of nitrogens with zero attached hydrogens (tertiary/aromatic N) is 7. The number of esters is 14. The van der Waals surface area contributed by atoms with Gasteiger partial charge in [0.05, 0.1) is 98.5 Å². The lowest BCUT2D eigenvalue weighted by atomic mass is 10.1. The average Bonchev–Trinajstić information content (AvgIpc) is 0.897. The first-order chi connectivity index (χ1) is 57.2. The number of allylic oxidation sites excluding steroid dienone is 24. The van der Waals surface area contributed by atoms with E-state index < -0.39 is 83.6 Å². The Morgan fingerprint density at radius 2 is 0.496 bits per heavy atom. The Morgan fingerprint density at radius 3 is 0.780 bits per heavy atom. The molecule has 0 aliphatic heterocycles. The maximum atomic E-state index is 11.6. The van der Waals surface area contributed by atoms with Gasteiger partial charge in [-0.15, -0.1) is 0 Å². The third-order valence-electron chi connectivity index (χ3n) is 14.9. The Balaban J connectivity index is -0.000000255. The molecule has 0 aromatic heterocycles. The van der Waals surface area contributed by atoms with Crippen LogP contribution in [0.5, 0.6) is 0 Å². The van der Waals surface area contributed by atoms with Gasteiger partial charge in [-0.2, -0.15) is 0 Å². The average molecular weight is 1740 g/mol. The summed E-state index contributed by atoms with van der Waals surface area (Å²) in [6.45, 7) is 21.7. The molecule has 0 N–H and O–H groups in total. The molecule has 0 radical (unpaired) electrons. The van der Waals surface area contributed by atoms with Crippen molar-refractivity contribution in [2.45, 2.75) is 83.1 Å². The molecule has 0 fully saturated rings. The topological polar surface area (TPSA) is 391 Å². The maximum Gasteiger partial charge on any atom is 0.345 e. The molecule has 0 unspecified atom stereocenters. The normalized spacial score (nSPS) is 10.8. The molecule has 123 heavy (non-hydrogen) atoms. The van der Waals surface area contributed by atoms with Gasteiger partial charge in [0.25, 0.3) is 0 Å². The van der Waals surface area contributed by atoms with Gasteiger partial charge in [-0.1, -0.05) is 24.3 Å². The first kappa shape index (κ1) is 123. The van der Waals surface area contributed by atoms with Crippen molar-refractivity contribution in [3.63, 3.8) is 0 Å². The molecule has 0 saturated carbocycles. The Bertz CT molecular complexity index is 3950. The summed E-state index contributed by atoms with van der Waals surface area (Å²) in [6, 6.07) is 0. The van der Waals surface area contributed by atoms with E-state index in [4.69, 9.17) is 9.47 Å². The minimum Gasteiger partial charge on any atom is -0.465 e. The van der Waals surface area contributed by atoms with Gasteiger partial charge in [-0.25, -0.2) is 67.1 Å². The summed E-state index contributed by atoms with van der Waals surface area (Å²) < 4.78 is 64.0. The van der Waals surface area contributed by atoms with Gasteiger partial charge in [0.1, 0.15) is 39.0 Å². The van der Waals surface area contributed by atoms with Crippen molar-refractivity contribution < 1.29 is 133 Å². The monoisotopic (exact) mass is 1740 g/mol. The molecule has 0 aliphatic carbocycles. The zero-order valence-corrected chi connectivity index (χ0v) is 79.3. The maximum absolute atomic E-state index is 11.6. The highest BCUT2D eigenvalue weighted by molar-refractivity contribution is 6.18. The second kappa shape index (κ2) is 70.6. The van der Waals surface area contributed by atoms with Crippen LogP contribution >= 0.6 is 0 Å². The lowest BCUT2D eigenvalue weighted by Crippen LogP contribution is -2.18. The molecule has 0 amide bonds. The molecule has 0 aliphatic rings. The third-order valence-corrected chi connectivity index (χ3v) is 14.9. The zero-order chi connectivity index (χ0) is 97.3. The number of hydrogen-bond donors (Lipinski definition) is 0. The van der Waals surface area contributed by atoms with Crippen LogP contribution in [-0.2, 0) is 133 Å². The first-order valence-corrected chi connectivity index (χ1v) is 37.0. The van der Waals surface area contributed by atoms with Gasteiger partial charge in [-0.3, -0.25) is 0 Å². The number of methoxy groups -OCH3 is 12. The largest absolute Gasteiger partial charge is 0.465 e. The van der Waals surface area contributed by atoms with Crippen LogP contribution in [-0.4, -0.2) is 315 Å². The summed E-state index contributed by atoms with van der Waals surface area (Å²) in [4.78, 5) is 173. The minimum absolute atomic E-state index is 0.0869. The first-order valence-electron chi connectivity index (χ1n) is 37.0. The van der Waals surface area contributed by atoms with Gasteiger partial charge in [0, 0.05) is 128 Å². The van der Waals surface area contributed by atoms with Gasteiger partial charge >= 0.3 is 83.6 Å². The van der Waals surface area contributed by atoms with E-state index in [1.807, 2.05) is 174 Å². The van der Waals surface area contributed by atoms with E-state index in [0.717, 1.165) is 39.5 Å². The molecule has 0 aromatic carbocycles. The van der Waals surface area contributed by atoms with Crippen LogP contribution in [0.2, 0.25) is 0 Å². The highest BCUT2D eigenvalue weighted by Crippen LogP contribution is 2.17. The van der Waals surface area contributed by atoms with E-state index in [1.54, 1.807) is 121 Å². The van der Waals surface area contributed by atoms with Crippen molar-refractivity contribution in [2.75, 3.05) is 197 Å². The number of ether oxygens (including phenoxy) is 14. The minimum atomic E-state index is -0.716. The molecule has 0 atom stereocenters. The third kappa shape index (κ3) is 56.8. The fourth-order valence-electron chi connectivity index (χ4n) is 7.50. The predicted octanol–water partition coefficient (Wildman–Crippen LogP) is 8.69. The Labute approximate surface area is 727 Å². The molecular weight excluding hydrogens is 1600 g/mol. The molecule has 0 heterocycles. The summed E-state index contributed by atoms with van der Waals surface area (Å²) in [5, 5.41) is 0. The van der Waals surface area contributed by atoms with E-state index in [0.29, 0.717) is 16.7 Å². The van der Waals surface area contributed by atoms with Crippen LogP contribution in [0.25, 0.3) is 0 Å². The van der Waals surface area contributed by atoms with Crippen molar-refractivity contribution in [1.29, 1.82) is 0 Å². The van der Waals surface area contributed by atoms with E-state index in [9.17, 15) is 67.1 Å². The van der Waals surface area contributed by atoms with Crippen molar-refractivity contribution in [3.8, 4) is 0 Å². The quantitative estimate of drug-likeness (QED) is 0.0148. The van der Waals surface area contributed by atoms with Crippen LogP contribution < -0.4 is 0 Å². The van der Waals surface area contributed by atoms with E-state index in [2.05, 4.69) is 56.8 Å². The summed E-state index contributed by atoms with van der Waals surface area (Å²) in [7, 11) is 40.9. The molecule has 0 rings (SSSR count). The highest BCUT2D eigenvalue weighted by Gasteiger charge is 2.26. The summed E-state index contributed by atoms with van der Waals surface area (Å²) >= 11 is 0. The number of rotatable bonds is 33. The van der Waals surface area contributed by atoms with E-state index >= 15 is 0 Å². The summed E-state index contributed by atoms with van der Waals surface area (Å²) in [5.41, 5.74) is 6.86. The second-order valence-corrected chi connectivity index (χ2v) is 26.2. The molecule has 35 heteroatoms. The van der Waals surface area contributed by atoms with Crippen molar-refractivity contribution >= 4 is 83.6 Å². The molecule has 690 valence electrons. The Kier molecular flexibility index (Phi) is 70.6. The molecule has 0 bridgehead atoms. The van der Waals surface area contributed by atoms with Gasteiger partial charge in [0.2, 0.25) is 0 Å². The van der Waals surface area contributed by atoms with Crippen LogP contribution in [0, 0.1) is 0 Å². The predicted molar refractivity (Wildman–Crippen MR) is 467 cm³/mol. The number of carbonyl (C=O) groups excluding carboxylic acids is 14.